The Bertz CT molecular complexity index is 289. The molecule has 12 heavy (non-hydrogen) atoms. The highest BCUT2D eigenvalue weighted by Gasteiger charge is 2.08. The van der Waals surface area contributed by atoms with Gasteiger partial charge in [0, 0.05) is 5.33 Å². The number of hydrogen-bond acceptors (Lipinski definition) is 1. The van der Waals surface area contributed by atoms with E-state index in [0.29, 0.717) is 0 Å². The molecule has 0 atom stereocenters. The minimum absolute atomic E-state index is 0.834. The van der Waals surface area contributed by atoms with Gasteiger partial charge in [0.2, 0.25) is 0 Å². The van der Waals surface area contributed by atoms with E-state index in [4.69, 9.17) is 4.74 Å². The van der Waals surface area contributed by atoms with Crippen LogP contribution < -0.4 is 4.74 Å². The molecule has 0 aliphatic rings. The van der Waals surface area contributed by atoms with E-state index < -0.39 is 0 Å². The fourth-order valence-electron chi connectivity index (χ4n) is 0.864. The van der Waals surface area contributed by atoms with Crippen molar-refractivity contribution in [3.63, 3.8) is 0 Å². The topological polar surface area (TPSA) is 9.23 Å². The molecular formula is C8H7Br2IO. The van der Waals surface area contributed by atoms with Crippen LogP contribution in [0.4, 0.5) is 0 Å². The van der Waals surface area contributed by atoms with E-state index in [2.05, 4.69) is 60.5 Å². The third kappa shape index (κ3) is 2.14. The van der Waals surface area contributed by atoms with Crippen molar-refractivity contribution in [1.29, 1.82) is 0 Å². The maximum atomic E-state index is 5.24. The highest BCUT2D eigenvalue weighted by Crippen LogP contribution is 2.34. The van der Waals surface area contributed by atoms with Crippen LogP contribution in [0.2, 0.25) is 0 Å². The minimum Gasteiger partial charge on any atom is -0.494 e. The first-order chi connectivity index (χ1) is 5.70. The summed E-state index contributed by atoms with van der Waals surface area (Å²) in [6.45, 7) is 0. The van der Waals surface area contributed by atoms with Crippen molar-refractivity contribution < 1.29 is 4.74 Å². The van der Waals surface area contributed by atoms with E-state index in [1.54, 1.807) is 7.11 Å². The summed E-state index contributed by atoms with van der Waals surface area (Å²) in [5.74, 6) is 0.910. The van der Waals surface area contributed by atoms with Crippen molar-refractivity contribution in [2.24, 2.45) is 0 Å². The van der Waals surface area contributed by atoms with E-state index in [9.17, 15) is 0 Å². The molecule has 0 aromatic heterocycles. The quantitative estimate of drug-likeness (QED) is 0.534. The van der Waals surface area contributed by atoms with Gasteiger partial charge in [0.1, 0.15) is 5.75 Å². The number of hydrogen-bond donors (Lipinski definition) is 0. The van der Waals surface area contributed by atoms with Crippen molar-refractivity contribution >= 4 is 54.5 Å². The normalized spacial score (nSPS) is 10.0. The van der Waals surface area contributed by atoms with Crippen LogP contribution in [0.5, 0.6) is 5.75 Å². The van der Waals surface area contributed by atoms with Crippen LogP contribution in [-0.2, 0) is 5.33 Å². The first kappa shape index (κ1) is 10.8. The second-order valence-electron chi connectivity index (χ2n) is 2.19. The molecule has 0 spiro atoms. The van der Waals surface area contributed by atoms with Crippen LogP contribution in [0, 0.1) is 3.57 Å². The van der Waals surface area contributed by atoms with Gasteiger partial charge < -0.3 is 4.74 Å². The molecule has 0 unspecified atom stereocenters. The van der Waals surface area contributed by atoms with Gasteiger partial charge in [0.05, 0.1) is 15.2 Å². The van der Waals surface area contributed by atoms with Gasteiger partial charge in [-0.1, -0.05) is 22.0 Å². The van der Waals surface area contributed by atoms with Crippen molar-refractivity contribution in [3.05, 3.63) is 25.7 Å². The van der Waals surface area contributed by atoms with Gasteiger partial charge in [-0.15, -0.1) is 0 Å². The monoisotopic (exact) mass is 404 g/mol. The first-order valence-electron chi connectivity index (χ1n) is 3.27. The van der Waals surface area contributed by atoms with Crippen molar-refractivity contribution in [1.82, 2.24) is 0 Å². The molecule has 1 aromatic carbocycles. The fourth-order valence-corrected chi connectivity index (χ4v) is 3.40. The van der Waals surface area contributed by atoms with Crippen molar-refractivity contribution in [3.8, 4) is 5.75 Å². The predicted octanol–water partition coefficient (Wildman–Crippen LogP) is 3.96. The molecule has 0 heterocycles. The molecule has 0 saturated heterocycles. The molecule has 4 heteroatoms. The highest BCUT2D eigenvalue weighted by atomic mass is 127. The van der Waals surface area contributed by atoms with Gasteiger partial charge in [-0.3, -0.25) is 0 Å². The molecule has 0 radical (unpaired) electrons. The lowest BCUT2D eigenvalue weighted by Gasteiger charge is -2.08. The molecule has 0 saturated carbocycles. The number of alkyl halides is 1. The molecule has 0 amide bonds. The zero-order chi connectivity index (χ0) is 9.14. The minimum atomic E-state index is 0.834. The zero-order valence-corrected chi connectivity index (χ0v) is 11.7. The van der Waals surface area contributed by atoms with Crippen molar-refractivity contribution in [2.75, 3.05) is 7.11 Å². The molecule has 66 valence electrons. The summed E-state index contributed by atoms with van der Waals surface area (Å²) in [6, 6.07) is 4.11. The summed E-state index contributed by atoms with van der Waals surface area (Å²) in [5, 5.41) is 0.834. The summed E-state index contributed by atoms with van der Waals surface area (Å²) >= 11 is 9.15. The van der Waals surface area contributed by atoms with Crippen LogP contribution in [0.15, 0.2) is 16.6 Å². The molecule has 0 aliphatic heterocycles. The van der Waals surface area contributed by atoms with Gasteiger partial charge >= 0.3 is 0 Å². The molecule has 1 aromatic rings. The number of methoxy groups -OCH3 is 1. The second kappa shape index (κ2) is 4.81. The smallest absolute Gasteiger partial charge is 0.146 e. The van der Waals surface area contributed by atoms with E-state index in [1.165, 1.54) is 5.56 Å². The largest absolute Gasteiger partial charge is 0.494 e. The Kier molecular flexibility index (Phi) is 4.32. The Morgan fingerprint density at radius 3 is 2.67 bits per heavy atom. The molecule has 0 aliphatic carbocycles. The second-order valence-corrected chi connectivity index (χ2v) is 4.70. The highest BCUT2D eigenvalue weighted by molar-refractivity contribution is 14.1. The van der Waals surface area contributed by atoms with Gasteiger partial charge in [-0.25, -0.2) is 0 Å². The zero-order valence-electron chi connectivity index (χ0n) is 6.40. The number of halogens is 3. The summed E-state index contributed by atoms with van der Waals surface area (Å²) in [4.78, 5) is 0. The van der Waals surface area contributed by atoms with Crippen LogP contribution in [0.25, 0.3) is 0 Å². The van der Waals surface area contributed by atoms with Crippen LogP contribution in [0.3, 0.4) is 0 Å². The third-order valence-corrected chi connectivity index (χ3v) is 3.80. The fraction of sp³-hybridized carbons (Fsp3) is 0.250. The molecule has 1 nitrogen and oxygen atoms in total. The SMILES string of the molecule is COc1c(I)ccc(CBr)c1Br. The Balaban J connectivity index is 3.24. The van der Waals surface area contributed by atoms with E-state index in [-0.39, 0.29) is 0 Å². The van der Waals surface area contributed by atoms with Gasteiger partial charge in [-0.2, -0.15) is 0 Å². The lowest BCUT2D eigenvalue weighted by molar-refractivity contribution is 0.408. The standard InChI is InChI=1S/C8H7Br2IO/c1-12-8-6(11)3-2-5(4-9)7(8)10/h2-3H,4H2,1H3. The Morgan fingerprint density at radius 1 is 1.50 bits per heavy atom. The van der Waals surface area contributed by atoms with E-state index in [0.717, 1.165) is 19.1 Å². The van der Waals surface area contributed by atoms with E-state index >= 15 is 0 Å². The van der Waals surface area contributed by atoms with Crippen LogP contribution >= 0.6 is 54.5 Å². The van der Waals surface area contributed by atoms with Crippen LogP contribution in [0.1, 0.15) is 5.56 Å². The number of benzene rings is 1. The van der Waals surface area contributed by atoms with Crippen molar-refractivity contribution in [2.45, 2.75) is 5.33 Å². The van der Waals surface area contributed by atoms with Gasteiger partial charge in [-0.05, 0) is 50.2 Å². The number of ether oxygens (including phenoxy) is 1. The lowest BCUT2D eigenvalue weighted by Crippen LogP contribution is -1.91. The summed E-state index contributed by atoms with van der Waals surface area (Å²) < 4.78 is 7.40. The summed E-state index contributed by atoms with van der Waals surface area (Å²) in [5.41, 5.74) is 1.20. The summed E-state index contributed by atoms with van der Waals surface area (Å²) in [6.07, 6.45) is 0. The average molecular weight is 406 g/mol. The maximum Gasteiger partial charge on any atom is 0.146 e. The van der Waals surface area contributed by atoms with Gasteiger partial charge in [0.15, 0.2) is 0 Å². The Hall–Kier alpha value is 0.710. The molecule has 0 fully saturated rings. The lowest BCUT2D eigenvalue weighted by atomic mass is 10.2. The predicted molar refractivity (Wildman–Crippen MR) is 66.0 cm³/mol. The molecule has 0 N–H and O–H groups in total. The number of rotatable bonds is 2. The summed E-state index contributed by atoms with van der Waals surface area (Å²) in [7, 11) is 1.68. The van der Waals surface area contributed by atoms with Crippen LogP contribution in [-0.4, -0.2) is 7.11 Å². The van der Waals surface area contributed by atoms with Gasteiger partial charge in [0.25, 0.3) is 0 Å². The Labute approximate surface area is 102 Å². The third-order valence-electron chi connectivity index (χ3n) is 1.48. The average Bonchev–Trinajstić information content (AvgIpc) is 2.06. The molecule has 0 bridgehead atoms. The molecular weight excluding hydrogens is 399 g/mol. The maximum absolute atomic E-state index is 5.24. The molecule has 1 rings (SSSR count). The first-order valence-corrected chi connectivity index (χ1v) is 6.27. The van der Waals surface area contributed by atoms with E-state index in [1.807, 2.05) is 6.07 Å². The Morgan fingerprint density at radius 2 is 2.17 bits per heavy atom.